The molecule has 2 rings (SSSR count). The molecule has 1 saturated carbocycles. The summed E-state index contributed by atoms with van der Waals surface area (Å²) in [6, 6.07) is 4.31. The molecule has 0 radical (unpaired) electrons. The first-order chi connectivity index (χ1) is 7.08. The monoisotopic (exact) mass is 206 g/mol. The SMILES string of the molecule is O=C(O)c1cc(C(=O)O)cc(C2CC2)c1. The van der Waals surface area contributed by atoms with E-state index in [0.717, 1.165) is 18.4 Å². The van der Waals surface area contributed by atoms with Gasteiger partial charge >= 0.3 is 11.9 Å². The summed E-state index contributed by atoms with van der Waals surface area (Å²) in [6.45, 7) is 0. The van der Waals surface area contributed by atoms with Crippen LogP contribution in [-0.2, 0) is 0 Å². The summed E-state index contributed by atoms with van der Waals surface area (Å²) < 4.78 is 0. The molecule has 1 aliphatic carbocycles. The second kappa shape index (κ2) is 3.38. The Hall–Kier alpha value is -1.84. The lowest BCUT2D eigenvalue weighted by molar-refractivity contribution is 0.0696. The maximum absolute atomic E-state index is 10.8. The third-order valence-electron chi connectivity index (χ3n) is 2.50. The molecule has 0 amide bonds. The first kappa shape index (κ1) is 9.71. The van der Waals surface area contributed by atoms with Gasteiger partial charge in [0.1, 0.15) is 0 Å². The van der Waals surface area contributed by atoms with Gasteiger partial charge in [-0.05, 0) is 42.5 Å². The molecule has 0 bridgehead atoms. The van der Waals surface area contributed by atoms with Gasteiger partial charge in [0, 0.05) is 0 Å². The average Bonchev–Trinajstić information content (AvgIpc) is 3.00. The zero-order chi connectivity index (χ0) is 11.0. The summed E-state index contributed by atoms with van der Waals surface area (Å²) in [4.78, 5) is 21.6. The largest absolute Gasteiger partial charge is 0.478 e. The molecule has 1 fully saturated rings. The van der Waals surface area contributed by atoms with Gasteiger partial charge in [0.05, 0.1) is 11.1 Å². The molecule has 0 aliphatic heterocycles. The van der Waals surface area contributed by atoms with E-state index in [9.17, 15) is 9.59 Å². The lowest BCUT2D eigenvalue weighted by Crippen LogP contribution is -2.03. The zero-order valence-corrected chi connectivity index (χ0v) is 7.93. The first-order valence-electron chi connectivity index (χ1n) is 4.69. The highest BCUT2D eigenvalue weighted by Crippen LogP contribution is 2.40. The van der Waals surface area contributed by atoms with E-state index in [1.54, 1.807) is 12.1 Å². The predicted octanol–water partition coefficient (Wildman–Crippen LogP) is 1.96. The van der Waals surface area contributed by atoms with Crippen molar-refractivity contribution in [2.75, 3.05) is 0 Å². The average molecular weight is 206 g/mol. The Balaban J connectivity index is 2.47. The van der Waals surface area contributed by atoms with Gasteiger partial charge in [-0.1, -0.05) is 0 Å². The van der Waals surface area contributed by atoms with Crippen LogP contribution in [-0.4, -0.2) is 22.2 Å². The van der Waals surface area contributed by atoms with Crippen LogP contribution in [0.2, 0.25) is 0 Å². The Morgan fingerprint density at radius 1 is 1.00 bits per heavy atom. The van der Waals surface area contributed by atoms with Gasteiger partial charge in [-0.2, -0.15) is 0 Å². The van der Waals surface area contributed by atoms with Gasteiger partial charge < -0.3 is 10.2 Å². The summed E-state index contributed by atoms with van der Waals surface area (Å²) in [7, 11) is 0. The minimum absolute atomic E-state index is 0.0526. The number of aromatic carboxylic acids is 2. The van der Waals surface area contributed by atoms with Crippen LogP contribution in [0.25, 0.3) is 0 Å². The van der Waals surface area contributed by atoms with Gasteiger partial charge in [-0.25, -0.2) is 9.59 Å². The van der Waals surface area contributed by atoms with E-state index in [4.69, 9.17) is 10.2 Å². The molecule has 1 aromatic rings. The zero-order valence-electron chi connectivity index (χ0n) is 7.93. The Morgan fingerprint density at radius 2 is 1.47 bits per heavy atom. The van der Waals surface area contributed by atoms with Crippen molar-refractivity contribution in [2.24, 2.45) is 0 Å². The van der Waals surface area contributed by atoms with Crippen LogP contribution in [0.1, 0.15) is 45.0 Å². The van der Waals surface area contributed by atoms with Crippen LogP contribution in [0.15, 0.2) is 18.2 Å². The number of benzene rings is 1. The number of hydrogen-bond acceptors (Lipinski definition) is 2. The van der Waals surface area contributed by atoms with E-state index in [1.165, 1.54) is 6.07 Å². The smallest absolute Gasteiger partial charge is 0.335 e. The Bertz CT molecular complexity index is 400. The van der Waals surface area contributed by atoms with Crippen molar-refractivity contribution >= 4 is 11.9 Å². The second-order valence-corrected chi connectivity index (χ2v) is 3.73. The summed E-state index contributed by atoms with van der Waals surface area (Å²) >= 11 is 0. The lowest BCUT2D eigenvalue weighted by Gasteiger charge is -2.03. The Labute approximate surface area is 86.2 Å². The summed E-state index contributed by atoms with van der Waals surface area (Å²) in [5.41, 5.74) is 0.931. The van der Waals surface area contributed by atoms with Crippen LogP contribution in [0, 0.1) is 0 Å². The van der Waals surface area contributed by atoms with Gasteiger partial charge in [-0.3, -0.25) is 0 Å². The summed E-state index contributed by atoms with van der Waals surface area (Å²) in [5.74, 6) is -1.82. The van der Waals surface area contributed by atoms with Gasteiger partial charge in [0.2, 0.25) is 0 Å². The van der Waals surface area contributed by atoms with E-state index in [-0.39, 0.29) is 11.1 Å². The van der Waals surface area contributed by atoms with Crippen molar-refractivity contribution in [3.63, 3.8) is 0 Å². The molecule has 4 nitrogen and oxygen atoms in total. The van der Waals surface area contributed by atoms with E-state index in [1.807, 2.05) is 0 Å². The fraction of sp³-hybridized carbons (Fsp3) is 0.273. The standard InChI is InChI=1S/C11H10O4/c12-10(13)8-3-7(6-1-2-6)4-9(5-8)11(14)15/h3-6H,1-2H2,(H,12,13)(H,14,15). The van der Waals surface area contributed by atoms with Crippen molar-refractivity contribution in [1.29, 1.82) is 0 Å². The Morgan fingerprint density at radius 3 is 1.80 bits per heavy atom. The van der Waals surface area contributed by atoms with E-state index in [0.29, 0.717) is 5.92 Å². The fourth-order valence-corrected chi connectivity index (χ4v) is 1.55. The number of carbonyl (C=O) groups is 2. The molecule has 0 spiro atoms. The third-order valence-corrected chi connectivity index (χ3v) is 2.50. The molecule has 15 heavy (non-hydrogen) atoms. The maximum atomic E-state index is 10.8. The topological polar surface area (TPSA) is 74.6 Å². The van der Waals surface area contributed by atoms with Crippen LogP contribution in [0.3, 0.4) is 0 Å². The third kappa shape index (κ3) is 1.98. The van der Waals surface area contributed by atoms with Gasteiger partial charge in [-0.15, -0.1) is 0 Å². The molecule has 1 aliphatic rings. The molecule has 0 atom stereocenters. The van der Waals surface area contributed by atoms with Crippen molar-refractivity contribution in [3.05, 3.63) is 34.9 Å². The molecule has 2 N–H and O–H groups in total. The quantitative estimate of drug-likeness (QED) is 0.792. The number of rotatable bonds is 3. The normalized spacial score (nSPS) is 14.9. The van der Waals surface area contributed by atoms with Gasteiger partial charge in [0.15, 0.2) is 0 Å². The van der Waals surface area contributed by atoms with Crippen molar-refractivity contribution in [1.82, 2.24) is 0 Å². The van der Waals surface area contributed by atoms with Crippen LogP contribution in [0.4, 0.5) is 0 Å². The van der Waals surface area contributed by atoms with Crippen molar-refractivity contribution in [2.45, 2.75) is 18.8 Å². The molecule has 78 valence electrons. The van der Waals surface area contributed by atoms with Crippen LogP contribution < -0.4 is 0 Å². The molecule has 1 aromatic carbocycles. The number of hydrogen-bond donors (Lipinski definition) is 2. The summed E-state index contributed by atoms with van der Waals surface area (Å²) in [5, 5.41) is 17.6. The van der Waals surface area contributed by atoms with Crippen LogP contribution in [0.5, 0.6) is 0 Å². The van der Waals surface area contributed by atoms with E-state index in [2.05, 4.69) is 0 Å². The minimum atomic E-state index is -1.08. The predicted molar refractivity (Wildman–Crippen MR) is 52.3 cm³/mol. The molecule has 0 heterocycles. The van der Waals surface area contributed by atoms with Gasteiger partial charge in [0.25, 0.3) is 0 Å². The maximum Gasteiger partial charge on any atom is 0.335 e. The molecule has 0 unspecified atom stereocenters. The van der Waals surface area contributed by atoms with E-state index < -0.39 is 11.9 Å². The highest BCUT2D eigenvalue weighted by Gasteiger charge is 2.25. The van der Waals surface area contributed by atoms with Crippen molar-refractivity contribution in [3.8, 4) is 0 Å². The fourth-order valence-electron chi connectivity index (χ4n) is 1.55. The highest BCUT2D eigenvalue weighted by molar-refractivity contribution is 5.94. The summed E-state index contributed by atoms with van der Waals surface area (Å²) in [6.07, 6.45) is 2.03. The van der Waals surface area contributed by atoms with Crippen LogP contribution >= 0.6 is 0 Å². The first-order valence-corrected chi connectivity index (χ1v) is 4.69. The number of carboxylic acid groups (broad SMARTS) is 2. The van der Waals surface area contributed by atoms with E-state index >= 15 is 0 Å². The lowest BCUT2D eigenvalue weighted by atomic mass is 10.0. The molecular formula is C11H10O4. The minimum Gasteiger partial charge on any atom is -0.478 e. The molecule has 4 heteroatoms. The molecule has 0 aromatic heterocycles. The Kier molecular flexibility index (Phi) is 2.19. The molecule has 0 saturated heterocycles. The van der Waals surface area contributed by atoms with Crippen molar-refractivity contribution < 1.29 is 19.8 Å². The highest BCUT2D eigenvalue weighted by atomic mass is 16.4. The molecular weight excluding hydrogens is 196 g/mol. The second-order valence-electron chi connectivity index (χ2n) is 3.73. The number of carboxylic acids is 2.